The molecule has 0 unspecified atom stereocenters. The van der Waals surface area contributed by atoms with Gasteiger partial charge in [0.1, 0.15) is 17.3 Å². The molecule has 0 N–H and O–H groups in total. The van der Waals surface area contributed by atoms with Crippen molar-refractivity contribution in [3.63, 3.8) is 0 Å². The SMILES string of the molecule is O=CC1=C(Cc2ccccc2)CCCC(c2cc(F)ccc2F)=N1. The van der Waals surface area contributed by atoms with Crippen molar-refractivity contribution in [3.8, 4) is 0 Å². The van der Waals surface area contributed by atoms with Crippen LogP contribution < -0.4 is 0 Å². The van der Waals surface area contributed by atoms with Crippen LogP contribution >= 0.6 is 0 Å². The van der Waals surface area contributed by atoms with Gasteiger partial charge in [-0.05, 0) is 55.0 Å². The summed E-state index contributed by atoms with van der Waals surface area (Å²) in [6.45, 7) is 0. The maximum absolute atomic E-state index is 14.0. The lowest BCUT2D eigenvalue weighted by Crippen LogP contribution is -2.04. The van der Waals surface area contributed by atoms with Gasteiger partial charge in [0.15, 0.2) is 6.29 Å². The van der Waals surface area contributed by atoms with Crippen molar-refractivity contribution < 1.29 is 13.6 Å². The first-order valence-electron chi connectivity index (χ1n) is 7.91. The normalized spacial score (nSPS) is 15.0. The highest BCUT2D eigenvalue weighted by molar-refractivity contribution is 6.03. The summed E-state index contributed by atoms with van der Waals surface area (Å²) < 4.78 is 27.5. The largest absolute Gasteiger partial charge is 0.296 e. The lowest BCUT2D eigenvalue weighted by atomic mass is 9.98. The molecular weight excluding hydrogens is 308 g/mol. The number of aliphatic imine (C=N–C) groups is 1. The Balaban J connectivity index is 1.98. The molecule has 0 aliphatic carbocycles. The van der Waals surface area contributed by atoms with E-state index >= 15 is 0 Å². The Kier molecular flexibility index (Phi) is 4.94. The zero-order chi connectivity index (χ0) is 16.9. The molecular formula is C20H17F2NO. The van der Waals surface area contributed by atoms with E-state index < -0.39 is 11.6 Å². The lowest BCUT2D eigenvalue weighted by molar-refractivity contribution is -0.105. The van der Waals surface area contributed by atoms with Gasteiger partial charge in [-0.2, -0.15) is 0 Å². The quantitative estimate of drug-likeness (QED) is 0.753. The average molecular weight is 325 g/mol. The van der Waals surface area contributed by atoms with Crippen LogP contribution in [0.3, 0.4) is 0 Å². The van der Waals surface area contributed by atoms with Crippen molar-refractivity contribution in [2.75, 3.05) is 0 Å². The fraction of sp³-hybridized carbons (Fsp3) is 0.200. The Morgan fingerprint density at radius 3 is 2.58 bits per heavy atom. The molecule has 0 spiro atoms. The molecule has 122 valence electrons. The molecule has 1 aliphatic heterocycles. The summed E-state index contributed by atoms with van der Waals surface area (Å²) in [7, 11) is 0. The van der Waals surface area contributed by atoms with E-state index in [2.05, 4.69) is 4.99 Å². The summed E-state index contributed by atoms with van der Waals surface area (Å²) in [6.07, 6.45) is 3.31. The molecule has 4 heteroatoms. The maximum Gasteiger partial charge on any atom is 0.168 e. The predicted octanol–water partition coefficient (Wildman–Crippen LogP) is 4.63. The van der Waals surface area contributed by atoms with Crippen LogP contribution in [0.5, 0.6) is 0 Å². The molecule has 0 saturated heterocycles. The van der Waals surface area contributed by atoms with Gasteiger partial charge < -0.3 is 0 Å². The highest BCUT2D eigenvalue weighted by Gasteiger charge is 2.17. The summed E-state index contributed by atoms with van der Waals surface area (Å²) in [5.74, 6) is -1.04. The van der Waals surface area contributed by atoms with Crippen molar-refractivity contribution in [1.29, 1.82) is 0 Å². The molecule has 3 rings (SSSR count). The van der Waals surface area contributed by atoms with Gasteiger partial charge in [0.2, 0.25) is 0 Å². The highest BCUT2D eigenvalue weighted by Crippen LogP contribution is 2.25. The monoisotopic (exact) mass is 325 g/mol. The molecule has 0 aromatic heterocycles. The first-order chi connectivity index (χ1) is 11.7. The molecule has 0 atom stereocenters. The summed E-state index contributed by atoms with van der Waals surface area (Å²) in [5.41, 5.74) is 2.92. The van der Waals surface area contributed by atoms with Crippen molar-refractivity contribution >= 4 is 12.0 Å². The van der Waals surface area contributed by atoms with Crippen LogP contribution in [-0.2, 0) is 11.2 Å². The Morgan fingerprint density at radius 2 is 1.83 bits per heavy atom. The van der Waals surface area contributed by atoms with E-state index in [0.29, 0.717) is 37.0 Å². The Morgan fingerprint density at radius 1 is 1.04 bits per heavy atom. The van der Waals surface area contributed by atoms with Crippen LogP contribution in [0, 0.1) is 11.6 Å². The minimum Gasteiger partial charge on any atom is -0.296 e. The van der Waals surface area contributed by atoms with Gasteiger partial charge in [0, 0.05) is 5.56 Å². The van der Waals surface area contributed by atoms with E-state index in [9.17, 15) is 13.6 Å². The van der Waals surface area contributed by atoms with Gasteiger partial charge >= 0.3 is 0 Å². The fourth-order valence-electron chi connectivity index (χ4n) is 2.92. The number of carbonyl (C=O) groups excluding carboxylic acids is 1. The van der Waals surface area contributed by atoms with E-state index in [1.54, 1.807) is 0 Å². The summed E-state index contributed by atoms with van der Waals surface area (Å²) in [4.78, 5) is 15.9. The maximum atomic E-state index is 14.0. The third-order valence-corrected chi connectivity index (χ3v) is 4.12. The van der Waals surface area contributed by atoms with E-state index in [1.165, 1.54) is 0 Å². The first-order valence-corrected chi connectivity index (χ1v) is 7.91. The molecule has 0 fully saturated rings. The van der Waals surface area contributed by atoms with Crippen LogP contribution in [0.25, 0.3) is 0 Å². The molecule has 0 bridgehead atoms. The van der Waals surface area contributed by atoms with Gasteiger partial charge in [-0.15, -0.1) is 0 Å². The lowest BCUT2D eigenvalue weighted by Gasteiger charge is -2.06. The second kappa shape index (κ2) is 7.30. The van der Waals surface area contributed by atoms with E-state index in [1.807, 2.05) is 30.3 Å². The molecule has 2 aromatic carbocycles. The minimum atomic E-state index is -0.521. The number of rotatable bonds is 4. The average Bonchev–Trinajstić information content (AvgIpc) is 2.80. The van der Waals surface area contributed by atoms with Crippen molar-refractivity contribution in [1.82, 2.24) is 0 Å². The van der Waals surface area contributed by atoms with E-state index in [-0.39, 0.29) is 5.56 Å². The Bertz CT molecular complexity index is 810. The number of nitrogens with zero attached hydrogens (tertiary/aromatic N) is 1. The molecule has 0 saturated carbocycles. The molecule has 2 nitrogen and oxygen atoms in total. The number of allylic oxidation sites excluding steroid dienone is 2. The van der Waals surface area contributed by atoms with Crippen LogP contribution in [0.1, 0.15) is 30.4 Å². The number of carbonyl (C=O) groups is 1. The molecule has 0 radical (unpaired) electrons. The molecule has 1 heterocycles. The van der Waals surface area contributed by atoms with Crippen LogP contribution in [0.2, 0.25) is 0 Å². The second-order valence-corrected chi connectivity index (χ2v) is 5.81. The number of hydrogen-bond donors (Lipinski definition) is 0. The molecule has 1 aliphatic rings. The van der Waals surface area contributed by atoms with Gasteiger partial charge in [-0.25, -0.2) is 13.8 Å². The number of aldehydes is 1. The fourth-order valence-corrected chi connectivity index (χ4v) is 2.92. The Hall–Kier alpha value is -2.62. The summed E-state index contributed by atoms with van der Waals surface area (Å²) in [6, 6.07) is 13.1. The zero-order valence-corrected chi connectivity index (χ0v) is 13.1. The van der Waals surface area contributed by atoms with Crippen molar-refractivity contribution in [3.05, 3.63) is 82.6 Å². The van der Waals surface area contributed by atoms with E-state index in [4.69, 9.17) is 0 Å². The highest BCUT2D eigenvalue weighted by atomic mass is 19.1. The van der Waals surface area contributed by atoms with Crippen LogP contribution in [-0.4, -0.2) is 12.0 Å². The van der Waals surface area contributed by atoms with Crippen LogP contribution in [0.4, 0.5) is 8.78 Å². The number of benzene rings is 2. The van der Waals surface area contributed by atoms with Gasteiger partial charge in [0.05, 0.1) is 5.71 Å². The van der Waals surface area contributed by atoms with E-state index in [0.717, 1.165) is 35.8 Å². The Labute approximate surface area is 139 Å². The topological polar surface area (TPSA) is 29.4 Å². The zero-order valence-electron chi connectivity index (χ0n) is 13.1. The number of halogens is 2. The standard InChI is InChI=1S/C20H17F2NO/c21-16-9-10-18(22)17(12-16)19-8-4-7-15(20(13-24)23-19)11-14-5-2-1-3-6-14/h1-3,5-6,9-10,12-13H,4,7-8,11H2. The van der Waals surface area contributed by atoms with Crippen LogP contribution in [0.15, 0.2) is 64.8 Å². The van der Waals surface area contributed by atoms with Gasteiger partial charge in [-0.3, -0.25) is 4.79 Å². The minimum absolute atomic E-state index is 0.135. The third-order valence-electron chi connectivity index (χ3n) is 4.12. The summed E-state index contributed by atoms with van der Waals surface area (Å²) in [5, 5.41) is 0. The summed E-state index contributed by atoms with van der Waals surface area (Å²) >= 11 is 0. The second-order valence-electron chi connectivity index (χ2n) is 5.81. The molecule has 2 aromatic rings. The van der Waals surface area contributed by atoms with Crippen molar-refractivity contribution in [2.24, 2.45) is 4.99 Å². The third kappa shape index (κ3) is 3.65. The number of hydrogen-bond acceptors (Lipinski definition) is 2. The first kappa shape index (κ1) is 16.2. The van der Waals surface area contributed by atoms with Crippen molar-refractivity contribution in [2.45, 2.75) is 25.7 Å². The molecule has 24 heavy (non-hydrogen) atoms. The molecule has 0 amide bonds. The van der Waals surface area contributed by atoms with Gasteiger partial charge in [0.25, 0.3) is 0 Å². The predicted molar refractivity (Wildman–Crippen MR) is 90.0 cm³/mol. The smallest absolute Gasteiger partial charge is 0.168 e. The van der Waals surface area contributed by atoms with Gasteiger partial charge in [-0.1, -0.05) is 30.3 Å².